The van der Waals surface area contributed by atoms with Crippen LogP contribution in [0.1, 0.15) is 30.5 Å². The van der Waals surface area contributed by atoms with Crippen LogP contribution < -0.4 is 4.90 Å². The lowest BCUT2D eigenvalue weighted by Crippen LogP contribution is -2.46. The number of hydrogen-bond donors (Lipinski definition) is 2. The molecule has 0 aromatic heterocycles. The summed E-state index contributed by atoms with van der Waals surface area (Å²) in [7, 11) is 0. The Kier molecular flexibility index (Phi) is 8.11. The molecule has 0 spiro atoms. The molecule has 3 aromatic carbocycles. The number of carbonyl (C=O) groups is 2. The Hall–Kier alpha value is -3.67. The Morgan fingerprint density at radius 2 is 1.37 bits per heavy atom. The molecule has 1 amide bonds. The summed E-state index contributed by atoms with van der Waals surface area (Å²) >= 11 is 0. The first-order valence-corrected chi connectivity index (χ1v) is 9.37. The van der Waals surface area contributed by atoms with Gasteiger partial charge in [-0.2, -0.15) is 0 Å². The number of phenolic OH excluding ortho intramolecular Hbond substituents is 2. The number of nitrogens with zero attached hydrogens (tertiary/aromatic N) is 1. The number of carbonyl (C=O) groups excluding carboxylic acids is 2. The second-order valence-corrected chi connectivity index (χ2v) is 6.62. The number of aldehydes is 1. The lowest BCUT2D eigenvalue weighted by Gasteiger charge is -2.40. The molecule has 4 rings (SSSR count). The number of aryl methyl sites for hydroxylation is 1. The maximum absolute atomic E-state index is 12.9. The van der Waals surface area contributed by atoms with Gasteiger partial charge < -0.3 is 19.9 Å². The molecule has 1 atom stereocenters. The molecule has 0 radical (unpaired) electrons. The molecule has 1 fully saturated rings. The van der Waals surface area contributed by atoms with E-state index in [0.717, 1.165) is 11.8 Å². The van der Waals surface area contributed by atoms with Gasteiger partial charge in [-0.05, 0) is 67.9 Å². The van der Waals surface area contributed by atoms with E-state index in [4.69, 9.17) is 9.90 Å². The highest BCUT2D eigenvalue weighted by molar-refractivity contribution is 6.01. The number of rotatable bonds is 2. The summed E-state index contributed by atoms with van der Waals surface area (Å²) in [5, 5.41) is 18.0. The fourth-order valence-corrected chi connectivity index (χ4v) is 2.85. The van der Waals surface area contributed by atoms with Gasteiger partial charge in [-0.15, -0.1) is 0 Å². The molecular weight excluding hydrogens is 385 g/mol. The van der Waals surface area contributed by atoms with Crippen molar-refractivity contribution in [3.63, 3.8) is 0 Å². The van der Waals surface area contributed by atoms with Gasteiger partial charge in [0.05, 0.1) is 12.5 Å². The number of halogens is 1. The number of β-lactam (4-membered cyclic amide) rings is 1. The Morgan fingerprint density at radius 3 is 1.80 bits per heavy atom. The van der Waals surface area contributed by atoms with Crippen molar-refractivity contribution >= 4 is 17.9 Å². The minimum Gasteiger partial charge on any atom is -0.508 e. The van der Waals surface area contributed by atoms with Crippen molar-refractivity contribution in [3.05, 3.63) is 89.7 Å². The fourth-order valence-electron chi connectivity index (χ4n) is 2.85. The highest BCUT2D eigenvalue weighted by Gasteiger charge is 2.38. The summed E-state index contributed by atoms with van der Waals surface area (Å²) in [4.78, 5) is 22.2. The molecule has 1 aliphatic heterocycles. The van der Waals surface area contributed by atoms with Crippen LogP contribution in [0.3, 0.4) is 0 Å². The van der Waals surface area contributed by atoms with Gasteiger partial charge >= 0.3 is 0 Å². The zero-order valence-corrected chi connectivity index (χ0v) is 16.8. The van der Waals surface area contributed by atoms with Crippen molar-refractivity contribution in [2.24, 2.45) is 0 Å². The number of aromatic hydroxyl groups is 2. The minimum atomic E-state index is -0.321. The summed E-state index contributed by atoms with van der Waals surface area (Å²) in [5.74, 6) is 0.223. The number of benzene rings is 3. The third kappa shape index (κ3) is 6.17. The maximum Gasteiger partial charge on any atom is 0.230 e. The van der Waals surface area contributed by atoms with Crippen molar-refractivity contribution in [1.82, 2.24) is 0 Å². The van der Waals surface area contributed by atoms with Crippen LogP contribution in [0.25, 0.3) is 0 Å². The van der Waals surface area contributed by atoms with Crippen molar-refractivity contribution in [2.75, 3.05) is 4.90 Å². The van der Waals surface area contributed by atoms with Crippen molar-refractivity contribution in [1.29, 1.82) is 0 Å². The van der Waals surface area contributed by atoms with E-state index in [2.05, 4.69) is 0 Å². The molecule has 156 valence electrons. The van der Waals surface area contributed by atoms with Crippen LogP contribution in [0.5, 0.6) is 11.5 Å². The van der Waals surface area contributed by atoms with Gasteiger partial charge in [0, 0.05) is 5.69 Å². The smallest absolute Gasteiger partial charge is 0.230 e. The molecule has 30 heavy (non-hydrogen) atoms. The largest absolute Gasteiger partial charge is 0.508 e. The van der Waals surface area contributed by atoms with Crippen LogP contribution in [-0.2, 0) is 9.59 Å². The molecule has 0 aliphatic carbocycles. The third-order valence-corrected chi connectivity index (χ3v) is 4.36. The van der Waals surface area contributed by atoms with E-state index < -0.39 is 0 Å². The van der Waals surface area contributed by atoms with Gasteiger partial charge in [0.1, 0.15) is 23.6 Å². The third-order valence-electron chi connectivity index (χ3n) is 4.36. The first-order chi connectivity index (χ1) is 14.3. The van der Waals surface area contributed by atoms with Gasteiger partial charge in [-0.3, -0.25) is 4.79 Å². The van der Waals surface area contributed by atoms with E-state index in [9.17, 15) is 14.3 Å². The van der Waals surface area contributed by atoms with Crippen LogP contribution in [0, 0.1) is 12.7 Å². The van der Waals surface area contributed by atoms with Gasteiger partial charge in [0.2, 0.25) is 5.91 Å². The number of hydrogen-bond acceptors (Lipinski definition) is 4. The molecule has 1 heterocycles. The molecular formula is C24H24FNO4. The molecule has 1 aliphatic rings. The summed E-state index contributed by atoms with van der Waals surface area (Å²) in [6, 6.07) is 19.7. The second-order valence-electron chi connectivity index (χ2n) is 6.62. The van der Waals surface area contributed by atoms with E-state index in [1.54, 1.807) is 53.4 Å². The fraction of sp³-hybridized carbons (Fsp3) is 0.167. The summed E-state index contributed by atoms with van der Waals surface area (Å²) in [6.45, 7) is 3.43. The van der Waals surface area contributed by atoms with Crippen LogP contribution in [0.15, 0.2) is 72.8 Å². The Morgan fingerprint density at radius 1 is 0.900 bits per heavy atom. The number of anilines is 1. The number of amides is 1. The van der Waals surface area contributed by atoms with Crippen molar-refractivity contribution in [2.45, 2.75) is 26.3 Å². The van der Waals surface area contributed by atoms with E-state index in [0.29, 0.717) is 17.9 Å². The molecule has 3 aromatic rings. The molecule has 1 unspecified atom stereocenters. The quantitative estimate of drug-likeness (QED) is 0.465. The van der Waals surface area contributed by atoms with Gasteiger partial charge in [0.25, 0.3) is 0 Å². The Labute approximate surface area is 175 Å². The summed E-state index contributed by atoms with van der Waals surface area (Å²) in [5.41, 5.74) is 2.82. The average molecular weight is 409 g/mol. The van der Waals surface area contributed by atoms with Crippen LogP contribution >= 0.6 is 0 Å². The molecule has 1 saturated heterocycles. The van der Waals surface area contributed by atoms with Gasteiger partial charge in [0.15, 0.2) is 0 Å². The van der Waals surface area contributed by atoms with Gasteiger partial charge in [-0.1, -0.05) is 29.8 Å². The van der Waals surface area contributed by atoms with Crippen LogP contribution in [-0.4, -0.2) is 22.4 Å². The highest BCUT2D eigenvalue weighted by Crippen LogP contribution is 2.39. The predicted molar refractivity (Wildman–Crippen MR) is 114 cm³/mol. The number of phenols is 2. The van der Waals surface area contributed by atoms with Crippen LogP contribution in [0.4, 0.5) is 10.1 Å². The maximum atomic E-state index is 12.9. The predicted octanol–water partition coefficient (Wildman–Crippen LogP) is 4.92. The zero-order valence-electron chi connectivity index (χ0n) is 16.8. The molecule has 5 nitrogen and oxygen atoms in total. The van der Waals surface area contributed by atoms with E-state index in [1.165, 1.54) is 24.6 Å². The van der Waals surface area contributed by atoms with E-state index >= 15 is 0 Å². The molecule has 0 saturated carbocycles. The average Bonchev–Trinajstić information content (AvgIpc) is 2.72. The Bertz CT molecular complexity index is 933. The first kappa shape index (κ1) is 22.6. The SMILES string of the molecule is CC=O.Cc1ccc(O)cc1.O=C1CC(c2ccc(O)cc2)N1c1ccc(F)cc1. The first-order valence-electron chi connectivity index (χ1n) is 9.37. The van der Waals surface area contributed by atoms with Crippen molar-refractivity contribution in [3.8, 4) is 11.5 Å². The lowest BCUT2D eigenvalue weighted by molar-refractivity contribution is -0.124. The van der Waals surface area contributed by atoms with Gasteiger partial charge in [-0.25, -0.2) is 4.39 Å². The lowest BCUT2D eigenvalue weighted by atomic mass is 9.93. The topological polar surface area (TPSA) is 77.8 Å². The highest BCUT2D eigenvalue weighted by atomic mass is 19.1. The van der Waals surface area contributed by atoms with E-state index in [1.807, 2.05) is 19.1 Å². The summed E-state index contributed by atoms with van der Waals surface area (Å²) in [6.07, 6.45) is 1.18. The summed E-state index contributed by atoms with van der Waals surface area (Å²) < 4.78 is 12.9. The molecule has 0 bridgehead atoms. The molecule has 2 N–H and O–H groups in total. The Balaban J connectivity index is 0.000000243. The monoisotopic (exact) mass is 409 g/mol. The van der Waals surface area contributed by atoms with Crippen LogP contribution in [0.2, 0.25) is 0 Å². The van der Waals surface area contributed by atoms with Crippen molar-refractivity contribution < 1.29 is 24.2 Å². The van der Waals surface area contributed by atoms with E-state index in [-0.39, 0.29) is 23.5 Å². The minimum absolute atomic E-state index is 0.0182. The standard InChI is InChI=1S/C15H12FNO2.C7H8O.C2H4O/c16-11-3-5-12(6-4-11)17-14(9-15(17)19)10-1-7-13(18)8-2-10;1-6-2-4-7(8)5-3-6;1-2-3/h1-8,14,18H,9H2;2-5,8H,1H3;2H,1H3. The normalized spacial score (nSPS) is 14.4. The zero-order chi connectivity index (χ0) is 22.1. The molecule has 6 heteroatoms. The second kappa shape index (κ2) is 10.8.